The van der Waals surface area contributed by atoms with Crippen LogP contribution in [0.3, 0.4) is 0 Å². The molecule has 0 fully saturated rings. The normalized spacial score (nSPS) is 11.8. The molecule has 0 amide bonds. The molecule has 3 aromatic carbocycles. The van der Waals surface area contributed by atoms with Crippen LogP contribution in [0, 0.1) is 13.8 Å². The molecule has 0 spiro atoms. The summed E-state index contributed by atoms with van der Waals surface area (Å²) in [5.74, 6) is 0. The van der Waals surface area contributed by atoms with Gasteiger partial charge in [0.05, 0.1) is 0 Å². The molecule has 0 heterocycles. The first kappa shape index (κ1) is 27.5. The molecular weight excluding hydrogens is 534 g/mol. The van der Waals surface area contributed by atoms with Crippen LogP contribution in [-0.4, -0.2) is 18.4 Å². The van der Waals surface area contributed by atoms with E-state index in [2.05, 4.69) is 107 Å². The van der Waals surface area contributed by atoms with Gasteiger partial charge in [0.2, 0.25) is 0 Å². The zero-order valence-corrected chi connectivity index (χ0v) is 26.0. The summed E-state index contributed by atoms with van der Waals surface area (Å²) in [5.41, 5.74) is 3.00. The van der Waals surface area contributed by atoms with E-state index in [9.17, 15) is 0 Å². The van der Waals surface area contributed by atoms with E-state index in [1.807, 2.05) is 3.58 Å². The summed E-state index contributed by atoms with van der Waals surface area (Å²) in [7, 11) is -0.557. The number of hydrogen-bond donors (Lipinski definition) is 0. The minimum absolute atomic E-state index is 0.557. The van der Waals surface area contributed by atoms with Gasteiger partial charge in [-0.3, -0.25) is 0 Å². The molecule has 0 aliphatic heterocycles. The van der Waals surface area contributed by atoms with Crippen molar-refractivity contribution < 1.29 is 0 Å². The Morgan fingerprint density at radius 2 is 1.06 bits per heavy atom. The zero-order chi connectivity index (χ0) is 24.4. The SMILES string of the molecule is CCC[CH2][Sn]([CH2]CCC)([CH2]CCC)[c]1cc(C)cc(C)c1P(c1ccccc1)c1ccccc1. The molecule has 0 unspecified atom stereocenters. The molecule has 3 rings (SSSR count). The number of rotatable bonds is 13. The van der Waals surface area contributed by atoms with Gasteiger partial charge < -0.3 is 0 Å². The molecule has 0 aliphatic carbocycles. The van der Waals surface area contributed by atoms with Gasteiger partial charge in [0.25, 0.3) is 0 Å². The third-order valence-corrected chi connectivity index (χ3v) is 26.2. The van der Waals surface area contributed by atoms with Crippen LogP contribution in [-0.2, 0) is 0 Å². The van der Waals surface area contributed by atoms with E-state index in [-0.39, 0.29) is 0 Å². The van der Waals surface area contributed by atoms with Gasteiger partial charge in [-0.05, 0) is 0 Å². The average molecular weight is 579 g/mol. The Morgan fingerprint density at radius 1 is 0.618 bits per heavy atom. The molecule has 0 atom stereocenters. The second-order valence-electron chi connectivity index (χ2n) is 10.1. The van der Waals surface area contributed by atoms with E-state index in [4.69, 9.17) is 0 Å². The summed E-state index contributed by atoms with van der Waals surface area (Å²) in [4.78, 5) is 0. The predicted octanol–water partition coefficient (Wildman–Crippen LogP) is 8.12. The van der Waals surface area contributed by atoms with Gasteiger partial charge in [-0.25, -0.2) is 0 Å². The van der Waals surface area contributed by atoms with Crippen LogP contribution in [0.25, 0.3) is 0 Å². The fourth-order valence-electron chi connectivity index (χ4n) is 5.55. The summed E-state index contributed by atoms with van der Waals surface area (Å²) >= 11 is -2.64. The van der Waals surface area contributed by atoms with Crippen molar-refractivity contribution >= 4 is 45.8 Å². The summed E-state index contributed by atoms with van der Waals surface area (Å²) < 4.78 is 6.44. The van der Waals surface area contributed by atoms with Crippen LogP contribution in [0.4, 0.5) is 0 Å². The van der Waals surface area contributed by atoms with Crippen molar-refractivity contribution in [1.82, 2.24) is 0 Å². The van der Waals surface area contributed by atoms with Crippen molar-refractivity contribution in [3.05, 3.63) is 83.9 Å². The van der Waals surface area contributed by atoms with E-state index in [1.54, 1.807) is 5.30 Å². The van der Waals surface area contributed by atoms with E-state index < -0.39 is 26.3 Å². The predicted molar refractivity (Wildman–Crippen MR) is 159 cm³/mol. The third-order valence-electron chi connectivity index (χ3n) is 7.30. The maximum absolute atomic E-state index is 2.68. The van der Waals surface area contributed by atoms with Crippen LogP contribution in [0.2, 0.25) is 13.3 Å². The number of hydrogen-bond acceptors (Lipinski definition) is 0. The molecule has 2 heteroatoms. The van der Waals surface area contributed by atoms with Gasteiger partial charge in [0.15, 0.2) is 0 Å². The molecule has 34 heavy (non-hydrogen) atoms. The average Bonchev–Trinajstić information content (AvgIpc) is 2.86. The van der Waals surface area contributed by atoms with Gasteiger partial charge in [-0.1, -0.05) is 0 Å². The van der Waals surface area contributed by atoms with Crippen molar-refractivity contribution in [2.24, 2.45) is 0 Å². The molecule has 0 saturated heterocycles. The molecule has 0 nitrogen and oxygen atoms in total. The Hall–Kier alpha value is -1.11. The Labute approximate surface area is 215 Å². The summed E-state index contributed by atoms with van der Waals surface area (Å²) in [6.45, 7) is 11.9. The molecule has 0 bridgehead atoms. The number of unbranched alkanes of at least 4 members (excludes halogenated alkanes) is 3. The Balaban J connectivity index is 2.32. The number of benzene rings is 3. The molecule has 0 saturated carbocycles. The van der Waals surface area contributed by atoms with Crippen LogP contribution >= 0.6 is 7.92 Å². The molecular formula is C32H45PSn. The summed E-state index contributed by atoms with van der Waals surface area (Å²) in [6, 6.07) is 27.9. The third kappa shape index (κ3) is 6.76. The first-order chi connectivity index (χ1) is 16.6. The number of aryl methyl sites for hydroxylation is 2. The first-order valence-corrected chi connectivity index (χ1v) is 22.4. The van der Waals surface area contributed by atoms with Crippen molar-refractivity contribution in [2.75, 3.05) is 0 Å². The summed E-state index contributed by atoms with van der Waals surface area (Å²) in [5, 5.41) is 4.72. The van der Waals surface area contributed by atoms with Crippen molar-refractivity contribution in [3.8, 4) is 0 Å². The fraction of sp³-hybridized carbons (Fsp3) is 0.438. The topological polar surface area (TPSA) is 0 Å². The molecule has 0 N–H and O–H groups in total. The molecule has 0 aliphatic rings. The van der Waals surface area contributed by atoms with Gasteiger partial charge >= 0.3 is 216 Å². The molecule has 0 radical (unpaired) electrons. The minimum atomic E-state index is -2.64. The van der Waals surface area contributed by atoms with Crippen LogP contribution < -0.4 is 19.5 Å². The van der Waals surface area contributed by atoms with Crippen LogP contribution in [0.5, 0.6) is 0 Å². The zero-order valence-electron chi connectivity index (χ0n) is 22.2. The van der Waals surface area contributed by atoms with E-state index in [1.165, 1.54) is 73.6 Å². The second-order valence-corrected chi connectivity index (χ2v) is 25.4. The van der Waals surface area contributed by atoms with Gasteiger partial charge in [0, 0.05) is 0 Å². The maximum atomic E-state index is 2.68. The van der Waals surface area contributed by atoms with E-state index >= 15 is 0 Å². The Kier molecular flexibility index (Phi) is 11.2. The van der Waals surface area contributed by atoms with E-state index in [0.29, 0.717) is 0 Å². The Bertz CT molecular complexity index is 935. The van der Waals surface area contributed by atoms with Gasteiger partial charge in [-0.15, -0.1) is 0 Å². The second kappa shape index (κ2) is 13.8. The standard InChI is InChI=1S/C20H18P.3C4H9.Sn/c1-16-13-14-20(17(2)15-16)21(18-9-5-3-6-10-18)19-11-7-4-8-12-19;3*1-3-4-2;/h3-13,15H,1-2H3;3*1,3-4H2,2H3;. The van der Waals surface area contributed by atoms with Crippen LogP contribution in [0.15, 0.2) is 72.8 Å². The van der Waals surface area contributed by atoms with Gasteiger partial charge in [-0.2, -0.15) is 0 Å². The van der Waals surface area contributed by atoms with Crippen molar-refractivity contribution in [2.45, 2.75) is 86.5 Å². The van der Waals surface area contributed by atoms with Crippen molar-refractivity contribution in [3.63, 3.8) is 0 Å². The quantitative estimate of drug-likeness (QED) is 0.142. The Morgan fingerprint density at radius 3 is 1.47 bits per heavy atom. The fourth-order valence-corrected chi connectivity index (χ4v) is 27.4. The monoisotopic (exact) mass is 580 g/mol. The van der Waals surface area contributed by atoms with Gasteiger partial charge in [0.1, 0.15) is 0 Å². The molecule has 0 aromatic heterocycles. The van der Waals surface area contributed by atoms with Crippen molar-refractivity contribution in [1.29, 1.82) is 0 Å². The first-order valence-electron chi connectivity index (χ1n) is 13.6. The van der Waals surface area contributed by atoms with Crippen LogP contribution in [0.1, 0.15) is 70.4 Å². The van der Waals surface area contributed by atoms with E-state index in [0.717, 1.165) is 0 Å². The molecule has 3 aromatic rings. The summed E-state index contributed by atoms with van der Waals surface area (Å²) in [6.07, 6.45) is 8.19. The molecule has 182 valence electrons.